The van der Waals surface area contributed by atoms with Gasteiger partial charge in [-0.1, -0.05) is 17.7 Å². The third kappa shape index (κ3) is 5.25. The molecular weight excluding hydrogens is 433 g/mol. The second kappa shape index (κ2) is 8.01. The lowest BCUT2D eigenvalue weighted by Crippen LogP contribution is -2.36. The van der Waals surface area contributed by atoms with E-state index in [0.29, 0.717) is 22.4 Å². The molecule has 0 atom stereocenters. The average molecular weight is 447 g/mol. The number of nitrogens with one attached hydrogen (secondary N) is 2. The Bertz CT molecular complexity index is 1160. The predicted molar refractivity (Wildman–Crippen MR) is 98.7 cm³/mol. The number of halogens is 4. The Labute approximate surface area is 168 Å². The molecule has 3 rings (SSSR count). The van der Waals surface area contributed by atoms with Crippen LogP contribution in [0, 0.1) is 0 Å². The van der Waals surface area contributed by atoms with Gasteiger partial charge >= 0.3 is 6.18 Å². The summed E-state index contributed by atoms with van der Waals surface area (Å²) in [5, 5.41) is 2.99. The third-order valence-corrected chi connectivity index (χ3v) is 5.45. The van der Waals surface area contributed by atoms with Gasteiger partial charge in [-0.05, 0) is 30.3 Å². The van der Waals surface area contributed by atoms with Crippen molar-refractivity contribution in [1.29, 1.82) is 0 Å². The van der Waals surface area contributed by atoms with Gasteiger partial charge in [-0.2, -0.15) is 13.2 Å². The van der Waals surface area contributed by atoms with Gasteiger partial charge in [-0.15, -0.1) is 0 Å². The number of imidazole rings is 1. The van der Waals surface area contributed by atoms with Crippen LogP contribution < -0.4 is 10.0 Å². The molecule has 1 amide bonds. The zero-order chi connectivity index (χ0) is 21.2. The fourth-order valence-electron chi connectivity index (χ4n) is 2.44. The van der Waals surface area contributed by atoms with Gasteiger partial charge in [-0.3, -0.25) is 4.79 Å². The molecule has 0 aliphatic rings. The molecule has 3 aromatic rings. The highest BCUT2D eigenvalue weighted by atomic mass is 35.5. The van der Waals surface area contributed by atoms with E-state index >= 15 is 0 Å². The fourth-order valence-corrected chi connectivity index (χ4v) is 3.63. The number of hydrogen-bond donors (Lipinski definition) is 2. The summed E-state index contributed by atoms with van der Waals surface area (Å²) in [7, 11) is -4.29. The van der Waals surface area contributed by atoms with Crippen molar-refractivity contribution in [2.75, 3.05) is 6.54 Å². The maximum absolute atomic E-state index is 12.7. The smallest absolute Gasteiger partial charge is 0.349 e. The number of alkyl halides is 3. The lowest BCUT2D eigenvalue weighted by atomic mass is 10.2. The molecule has 1 aromatic carbocycles. The maximum Gasteiger partial charge on any atom is 0.416 e. The van der Waals surface area contributed by atoms with E-state index in [1.165, 1.54) is 0 Å². The van der Waals surface area contributed by atoms with Crippen molar-refractivity contribution in [3.8, 4) is 0 Å². The largest absolute Gasteiger partial charge is 0.416 e. The van der Waals surface area contributed by atoms with E-state index in [2.05, 4.69) is 10.3 Å². The molecule has 0 fully saturated rings. The molecule has 12 heteroatoms. The zero-order valence-electron chi connectivity index (χ0n) is 14.6. The van der Waals surface area contributed by atoms with E-state index < -0.39 is 39.1 Å². The van der Waals surface area contributed by atoms with Crippen LogP contribution in [0.5, 0.6) is 0 Å². The molecule has 0 saturated carbocycles. The molecular formula is C17H14ClF3N4O3S. The number of pyridine rings is 1. The Morgan fingerprint density at radius 3 is 2.66 bits per heavy atom. The van der Waals surface area contributed by atoms with Crippen molar-refractivity contribution in [2.45, 2.75) is 17.6 Å². The van der Waals surface area contributed by atoms with Crippen molar-refractivity contribution in [2.24, 2.45) is 0 Å². The molecule has 0 saturated heterocycles. The van der Waals surface area contributed by atoms with Crippen LogP contribution in [0.25, 0.3) is 5.65 Å². The Morgan fingerprint density at radius 1 is 1.17 bits per heavy atom. The number of amides is 1. The van der Waals surface area contributed by atoms with Crippen LogP contribution in [-0.4, -0.2) is 30.3 Å². The van der Waals surface area contributed by atoms with Gasteiger partial charge in [0.15, 0.2) is 0 Å². The lowest BCUT2D eigenvalue weighted by molar-refractivity contribution is -0.137. The monoisotopic (exact) mass is 446 g/mol. The van der Waals surface area contributed by atoms with Gasteiger partial charge in [0.05, 0.1) is 34.3 Å². The molecule has 2 heterocycles. The molecule has 7 nitrogen and oxygen atoms in total. The summed E-state index contributed by atoms with van der Waals surface area (Å²) in [4.78, 5) is 15.6. The van der Waals surface area contributed by atoms with E-state index in [1.54, 1.807) is 28.9 Å². The Balaban J connectivity index is 1.59. The van der Waals surface area contributed by atoms with E-state index in [0.717, 1.165) is 18.2 Å². The first-order chi connectivity index (χ1) is 13.5. The minimum Gasteiger partial charge on any atom is -0.349 e. The second-order valence-corrected chi connectivity index (χ2v) is 8.18. The van der Waals surface area contributed by atoms with Crippen molar-refractivity contribution >= 4 is 33.2 Å². The Hall–Kier alpha value is -2.63. The SMILES string of the molecule is O=C(CNS(=O)(=O)c1cccc(C(F)(F)F)c1)NCc1cn2cc(Cl)ccc2n1. The topological polar surface area (TPSA) is 92.6 Å². The minimum atomic E-state index is -4.68. The average Bonchev–Trinajstić information content (AvgIpc) is 3.06. The number of aromatic nitrogens is 2. The Kier molecular flexibility index (Phi) is 5.82. The second-order valence-electron chi connectivity index (χ2n) is 5.97. The molecule has 0 spiro atoms. The molecule has 154 valence electrons. The van der Waals surface area contributed by atoms with Gasteiger partial charge < -0.3 is 9.72 Å². The quantitative estimate of drug-likeness (QED) is 0.608. The molecule has 0 unspecified atom stereocenters. The molecule has 0 aliphatic carbocycles. The van der Waals surface area contributed by atoms with Crippen LogP contribution in [0.1, 0.15) is 11.3 Å². The number of fused-ring (bicyclic) bond motifs is 1. The number of carbonyl (C=O) groups excluding carboxylic acids is 1. The molecule has 2 N–H and O–H groups in total. The van der Waals surface area contributed by atoms with Crippen LogP contribution in [0.15, 0.2) is 53.7 Å². The van der Waals surface area contributed by atoms with Crippen LogP contribution in [0.2, 0.25) is 5.02 Å². The number of hydrogen-bond acceptors (Lipinski definition) is 4. The molecule has 2 aromatic heterocycles. The van der Waals surface area contributed by atoms with E-state index in [-0.39, 0.29) is 6.54 Å². The minimum absolute atomic E-state index is 0.0312. The van der Waals surface area contributed by atoms with Gasteiger partial charge in [-0.25, -0.2) is 18.1 Å². The normalized spacial score (nSPS) is 12.3. The number of rotatable bonds is 6. The lowest BCUT2D eigenvalue weighted by Gasteiger charge is -2.10. The van der Waals surface area contributed by atoms with Crippen LogP contribution in [-0.2, 0) is 27.5 Å². The van der Waals surface area contributed by atoms with Crippen LogP contribution >= 0.6 is 11.6 Å². The highest BCUT2D eigenvalue weighted by molar-refractivity contribution is 7.89. The number of carbonyl (C=O) groups is 1. The summed E-state index contributed by atoms with van der Waals surface area (Å²) in [6.07, 6.45) is -1.39. The standard InChI is InChI=1S/C17H14ClF3N4O3S/c18-12-4-5-15-24-13(10-25(15)9-12)7-22-16(26)8-23-29(27,28)14-3-1-2-11(6-14)17(19,20)21/h1-6,9-10,23H,7-8H2,(H,22,26). The number of sulfonamides is 1. The maximum atomic E-state index is 12.7. The Morgan fingerprint density at radius 2 is 1.93 bits per heavy atom. The van der Waals surface area contributed by atoms with Crippen molar-refractivity contribution in [3.63, 3.8) is 0 Å². The molecule has 0 aliphatic heterocycles. The van der Waals surface area contributed by atoms with E-state index in [4.69, 9.17) is 11.6 Å². The molecule has 0 radical (unpaired) electrons. The summed E-state index contributed by atoms with van der Waals surface area (Å²) >= 11 is 5.88. The van der Waals surface area contributed by atoms with E-state index in [1.807, 2.05) is 4.72 Å². The van der Waals surface area contributed by atoms with Gasteiger partial charge in [0.1, 0.15) is 5.65 Å². The highest BCUT2D eigenvalue weighted by Crippen LogP contribution is 2.30. The van der Waals surface area contributed by atoms with Crippen molar-refractivity contribution < 1.29 is 26.4 Å². The number of nitrogens with zero attached hydrogens (tertiary/aromatic N) is 2. The van der Waals surface area contributed by atoms with Crippen molar-refractivity contribution in [3.05, 3.63) is 65.1 Å². The number of benzene rings is 1. The van der Waals surface area contributed by atoms with Gasteiger partial charge in [0.2, 0.25) is 15.9 Å². The fraction of sp³-hybridized carbons (Fsp3) is 0.176. The third-order valence-electron chi connectivity index (χ3n) is 3.83. The van der Waals surface area contributed by atoms with Gasteiger partial charge in [0, 0.05) is 12.4 Å². The van der Waals surface area contributed by atoms with E-state index in [9.17, 15) is 26.4 Å². The van der Waals surface area contributed by atoms with Crippen LogP contribution in [0.3, 0.4) is 0 Å². The summed E-state index contributed by atoms with van der Waals surface area (Å²) in [5.74, 6) is -0.671. The summed E-state index contributed by atoms with van der Waals surface area (Å²) < 4.78 is 66.2. The first-order valence-electron chi connectivity index (χ1n) is 8.11. The molecule has 0 bridgehead atoms. The van der Waals surface area contributed by atoms with Crippen LogP contribution in [0.4, 0.5) is 13.2 Å². The van der Waals surface area contributed by atoms with Gasteiger partial charge in [0.25, 0.3) is 0 Å². The molecule has 29 heavy (non-hydrogen) atoms. The first kappa shape index (κ1) is 21.1. The summed E-state index contributed by atoms with van der Waals surface area (Å²) in [5.41, 5.74) is 0.0297. The predicted octanol–water partition coefficient (Wildman–Crippen LogP) is 2.60. The highest BCUT2D eigenvalue weighted by Gasteiger charge is 2.31. The summed E-state index contributed by atoms with van der Waals surface area (Å²) in [6.45, 7) is -0.610. The zero-order valence-corrected chi connectivity index (χ0v) is 16.1. The van der Waals surface area contributed by atoms with Crippen molar-refractivity contribution in [1.82, 2.24) is 19.4 Å². The first-order valence-corrected chi connectivity index (χ1v) is 9.97. The summed E-state index contributed by atoms with van der Waals surface area (Å²) in [6, 6.07) is 6.60.